The maximum absolute atomic E-state index is 12.4. The topological polar surface area (TPSA) is 68.0 Å². The molecule has 0 fully saturated rings. The van der Waals surface area contributed by atoms with Crippen molar-refractivity contribution in [1.82, 2.24) is 10.3 Å². The van der Waals surface area contributed by atoms with Crippen LogP contribution in [0.5, 0.6) is 0 Å². The Bertz CT molecular complexity index is 709. The number of nitrogens with two attached hydrogens (primary N) is 1. The van der Waals surface area contributed by atoms with Gasteiger partial charge >= 0.3 is 0 Å². The fourth-order valence-electron chi connectivity index (χ4n) is 2.62. The van der Waals surface area contributed by atoms with Crippen molar-refractivity contribution < 1.29 is 4.79 Å². The number of nitrogens with zero attached hydrogens (tertiary/aromatic N) is 1. The lowest BCUT2D eigenvalue weighted by Crippen LogP contribution is -2.32. The molecule has 0 radical (unpaired) electrons. The number of hydrogen-bond donors (Lipinski definition) is 2. The fraction of sp³-hybridized carbons (Fsp3) is 0.333. The van der Waals surface area contributed by atoms with Gasteiger partial charge in [0.2, 0.25) is 0 Å². The summed E-state index contributed by atoms with van der Waals surface area (Å²) in [6, 6.07) is 2.19. The fourth-order valence-corrected chi connectivity index (χ4v) is 3.74. The van der Waals surface area contributed by atoms with Gasteiger partial charge in [0.1, 0.15) is 9.71 Å². The molecule has 2 heterocycles. The van der Waals surface area contributed by atoms with Crippen LogP contribution in [0.4, 0.5) is 5.69 Å². The highest BCUT2D eigenvalue weighted by Crippen LogP contribution is 2.35. The first-order valence-electron chi connectivity index (χ1n) is 6.68. The van der Waals surface area contributed by atoms with E-state index in [4.69, 9.17) is 5.73 Å². The van der Waals surface area contributed by atoms with Crippen LogP contribution in [0.2, 0.25) is 0 Å². The van der Waals surface area contributed by atoms with E-state index in [0.717, 1.165) is 34.3 Å². The monoisotopic (exact) mass is 287 g/mol. The second kappa shape index (κ2) is 4.90. The molecule has 0 aliphatic heterocycles. The number of anilines is 1. The Labute approximate surface area is 121 Å². The summed E-state index contributed by atoms with van der Waals surface area (Å²) in [5.41, 5.74) is 8.73. The zero-order valence-electron chi connectivity index (χ0n) is 11.6. The van der Waals surface area contributed by atoms with Crippen LogP contribution in [0.25, 0.3) is 10.2 Å². The maximum atomic E-state index is 12.4. The summed E-state index contributed by atoms with van der Waals surface area (Å²) in [5, 5.41) is 3.94. The first kappa shape index (κ1) is 13.1. The lowest BCUT2D eigenvalue weighted by Gasteiger charge is -2.11. The van der Waals surface area contributed by atoms with Crippen LogP contribution in [-0.2, 0) is 0 Å². The second-order valence-corrected chi connectivity index (χ2v) is 6.22. The third kappa shape index (κ3) is 2.18. The third-order valence-corrected chi connectivity index (χ3v) is 4.67. The minimum atomic E-state index is -0.0868. The van der Waals surface area contributed by atoms with Gasteiger partial charge in [-0.3, -0.25) is 4.79 Å². The number of pyridine rings is 1. The van der Waals surface area contributed by atoms with Gasteiger partial charge in [-0.25, -0.2) is 4.98 Å². The molecule has 4 nitrogen and oxygen atoms in total. The minimum absolute atomic E-state index is 0.0868. The van der Waals surface area contributed by atoms with Gasteiger partial charge in [0.05, 0.1) is 5.69 Å². The molecular formula is C15H17N3OS. The minimum Gasteiger partial charge on any atom is -0.397 e. The zero-order chi connectivity index (χ0) is 14.3. The van der Waals surface area contributed by atoms with Crippen molar-refractivity contribution >= 4 is 33.1 Å². The van der Waals surface area contributed by atoms with Gasteiger partial charge in [0.25, 0.3) is 5.91 Å². The number of nitrogen functional groups attached to an aromatic ring is 1. The van der Waals surface area contributed by atoms with Crippen LogP contribution in [0.15, 0.2) is 18.2 Å². The number of fused-ring (bicyclic) bond motifs is 1. The van der Waals surface area contributed by atoms with E-state index in [0.29, 0.717) is 10.6 Å². The Morgan fingerprint density at radius 2 is 2.10 bits per heavy atom. The third-order valence-electron chi connectivity index (χ3n) is 3.57. The normalized spacial score (nSPS) is 15.1. The Morgan fingerprint density at radius 3 is 2.80 bits per heavy atom. The van der Waals surface area contributed by atoms with E-state index < -0.39 is 0 Å². The van der Waals surface area contributed by atoms with E-state index >= 15 is 0 Å². The predicted octanol–water partition coefficient (Wildman–Crippen LogP) is 2.94. The number of amides is 1. The largest absolute Gasteiger partial charge is 0.397 e. The molecule has 1 amide bonds. The van der Waals surface area contributed by atoms with Crippen molar-refractivity contribution in [1.29, 1.82) is 0 Å². The van der Waals surface area contributed by atoms with Crippen LogP contribution in [-0.4, -0.2) is 16.9 Å². The van der Waals surface area contributed by atoms with Crippen molar-refractivity contribution in [2.75, 3.05) is 5.73 Å². The molecule has 2 aromatic heterocycles. The van der Waals surface area contributed by atoms with E-state index in [1.54, 1.807) is 0 Å². The number of carbonyl (C=O) groups excluding carboxylic acids is 1. The summed E-state index contributed by atoms with van der Waals surface area (Å²) >= 11 is 1.38. The SMILES string of the molecule is Cc1cc(C)c2c(N)c(C(=O)NC3CC=CC3)sc2n1. The predicted molar refractivity (Wildman–Crippen MR) is 83.1 cm³/mol. The number of aryl methyl sites for hydroxylation is 2. The van der Waals surface area contributed by atoms with Gasteiger partial charge in [-0.05, 0) is 38.3 Å². The first-order chi connectivity index (χ1) is 9.56. The van der Waals surface area contributed by atoms with Gasteiger partial charge < -0.3 is 11.1 Å². The van der Waals surface area contributed by atoms with E-state index in [9.17, 15) is 4.79 Å². The van der Waals surface area contributed by atoms with Gasteiger partial charge in [-0.15, -0.1) is 11.3 Å². The van der Waals surface area contributed by atoms with Crippen LogP contribution in [0.3, 0.4) is 0 Å². The number of thiophene rings is 1. The molecule has 0 bridgehead atoms. The molecule has 20 heavy (non-hydrogen) atoms. The average Bonchev–Trinajstić information content (AvgIpc) is 2.97. The second-order valence-electron chi connectivity index (χ2n) is 5.22. The molecule has 1 aliphatic rings. The molecule has 0 aromatic carbocycles. The molecule has 1 aliphatic carbocycles. The Kier molecular flexibility index (Phi) is 3.22. The van der Waals surface area contributed by atoms with Gasteiger partial charge in [-0.2, -0.15) is 0 Å². The number of nitrogens with one attached hydrogen (secondary N) is 1. The average molecular weight is 287 g/mol. The van der Waals surface area contributed by atoms with E-state index in [1.165, 1.54) is 11.3 Å². The number of rotatable bonds is 2. The van der Waals surface area contributed by atoms with Gasteiger partial charge in [0.15, 0.2) is 0 Å². The van der Waals surface area contributed by atoms with E-state index in [1.807, 2.05) is 19.9 Å². The van der Waals surface area contributed by atoms with Gasteiger partial charge in [0, 0.05) is 17.1 Å². The molecule has 0 atom stereocenters. The van der Waals surface area contributed by atoms with Gasteiger partial charge in [-0.1, -0.05) is 12.2 Å². The molecule has 104 valence electrons. The lowest BCUT2D eigenvalue weighted by atomic mass is 10.1. The molecule has 0 saturated carbocycles. The molecule has 0 spiro atoms. The summed E-state index contributed by atoms with van der Waals surface area (Å²) in [6.45, 7) is 3.95. The molecule has 2 aromatic rings. The van der Waals surface area contributed by atoms with Crippen LogP contribution in [0, 0.1) is 13.8 Å². The van der Waals surface area contributed by atoms with Crippen molar-refractivity contribution in [2.24, 2.45) is 0 Å². The standard InChI is InChI=1S/C15H17N3OS/c1-8-7-9(2)17-15-11(8)12(16)13(20-15)14(19)18-10-5-3-4-6-10/h3-4,7,10H,5-6,16H2,1-2H3,(H,18,19). The van der Waals surface area contributed by atoms with Crippen molar-refractivity contribution in [3.63, 3.8) is 0 Å². The zero-order valence-corrected chi connectivity index (χ0v) is 12.4. The van der Waals surface area contributed by atoms with Crippen LogP contribution < -0.4 is 11.1 Å². The Morgan fingerprint density at radius 1 is 1.40 bits per heavy atom. The number of carbonyl (C=O) groups is 1. The molecule has 0 saturated heterocycles. The Balaban J connectivity index is 1.97. The molecule has 0 unspecified atom stereocenters. The number of hydrogen-bond acceptors (Lipinski definition) is 4. The molecular weight excluding hydrogens is 270 g/mol. The van der Waals surface area contributed by atoms with Crippen molar-refractivity contribution in [3.05, 3.63) is 34.4 Å². The number of aromatic nitrogens is 1. The summed E-state index contributed by atoms with van der Waals surface area (Å²) in [7, 11) is 0. The summed E-state index contributed by atoms with van der Waals surface area (Å²) in [4.78, 5) is 18.2. The molecule has 5 heteroatoms. The van der Waals surface area contributed by atoms with E-state index in [2.05, 4.69) is 22.5 Å². The summed E-state index contributed by atoms with van der Waals surface area (Å²) in [5.74, 6) is -0.0868. The highest BCUT2D eigenvalue weighted by Gasteiger charge is 2.21. The highest BCUT2D eigenvalue weighted by atomic mass is 32.1. The highest BCUT2D eigenvalue weighted by molar-refractivity contribution is 7.21. The maximum Gasteiger partial charge on any atom is 0.263 e. The Hall–Kier alpha value is -1.88. The molecule has 3 rings (SSSR count). The summed E-state index contributed by atoms with van der Waals surface area (Å²) < 4.78 is 0. The van der Waals surface area contributed by atoms with E-state index in [-0.39, 0.29) is 11.9 Å². The smallest absolute Gasteiger partial charge is 0.263 e. The van der Waals surface area contributed by atoms with Crippen LogP contribution in [0.1, 0.15) is 33.8 Å². The summed E-state index contributed by atoms with van der Waals surface area (Å²) in [6.07, 6.45) is 5.97. The van der Waals surface area contributed by atoms with Crippen LogP contribution >= 0.6 is 11.3 Å². The first-order valence-corrected chi connectivity index (χ1v) is 7.50. The molecule has 3 N–H and O–H groups in total. The quantitative estimate of drug-likeness (QED) is 0.834. The lowest BCUT2D eigenvalue weighted by molar-refractivity contribution is 0.0944. The van der Waals surface area contributed by atoms with Crippen molar-refractivity contribution in [2.45, 2.75) is 32.7 Å². The van der Waals surface area contributed by atoms with Crippen molar-refractivity contribution in [3.8, 4) is 0 Å².